The molecule has 0 radical (unpaired) electrons. The molecule has 25 heavy (non-hydrogen) atoms. The lowest BCUT2D eigenvalue weighted by Crippen LogP contribution is -2.10. The van der Waals surface area contributed by atoms with Gasteiger partial charge < -0.3 is 5.73 Å². The molecular formula is C19H13FN4O. The molecule has 0 aliphatic rings. The molecule has 2 heterocycles. The highest BCUT2D eigenvalue weighted by Crippen LogP contribution is 2.26. The van der Waals surface area contributed by atoms with Crippen LogP contribution in [-0.2, 0) is 0 Å². The fourth-order valence-electron chi connectivity index (χ4n) is 2.80. The summed E-state index contributed by atoms with van der Waals surface area (Å²) in [5, 5.41) is 0. The second kappa shape index (κ2) is 5.83. The van der Waals surface area contributed by atoms with Crippen molar-refractivity contribution in [3.63, 3.8) is 0 Å². The van der Waals surface area contributed by atoms with E-state index < -0.39 is 11.9 Å². The van der Waals surface area contributed by atoms with E-state index in [0.717, 1.165) is 16.8 Å². The standard InChI is InChI=1S/C19H13FN4O/c20-18-15(5-2-8-22-18)12-3-1-4-14(9-12)24-11-23-16-10-13(19(21)25)6-7-17(16)24/h1-11H,(H2,21,25). The van der Waals surface area contributed by atoms with Crippen LogP contribution in [0.25, 0.3) is 27.8 Å². The van der Waals surface area contributed by atoms with Crippen molar-refractivity contribution in [3.05, 3.63) is 78.6 Å². The Morgan fingerprint density at radius 3 is 2.72 bits per heavy atom. The number of carbonyl (C=O) groups excluding carboxylic acids is 1. The molecule has 0 unspecified atom stereocenters. The summed E-state index contributed by atoms with van der Waals surface area (Å²) in [5.74, 6) is -1.01. The van der Waals surface area contributed by atoms with Gasteiger partial charge in [0.05, 0.1) is 11.0 Å². The molecule has 0 aliphatic heterocycles. The number of imidazole rings is 1. The third-order valence-electron chi connectivity index (χ3n) is 4.03. The minimum absolute atomic E-state index is 0.406. The van der Waals surface area contributed by atoms with Gasteiger partial charge in [0.25, 0.3) is 0 Å². The smallest absolute Gasteiger partial charge is 0.248 e. The third-order valence-corrected chi connectivity index (χ3v) is 4.03. The number of primary amides is 1. The molecule has 2 N–H and O–H groups in total. The highest BCUT2D eigenvalue weighted by atomic mass is 19.1. The lowest BCUT2D eigenvalue weighted by atomic mass is 10.1. The Labute approximate surface area is 142 Å². The molecule has 2 aromatic carbocycles. The molecule has 122 valence electrons. The first-order valence-electron chi connectivity index (χ1n) is 7.62. The Morgan fingerprint density at radius 2 is 1.92 bits per heavy atom. The van der Waals surface area contributed by atoms with Gasteiger partial charge in [-0.15, -0.1) is 0 Å². The molecule has 1 amide bonds. The minimum atomic E-state index is -0.513. The molecule has 0 spiro atoms. The van der Waals surface area contributed by atoms with Crippen molar-refractivity contribution in [2.45, 2.75) is 0 Å². The van der Waals surface area contributed by atoms with Gasteiger partial charge in [0.2, 0.25) is 11.9 Å². The molecule has 0 saturated heterocycles. The van der Waals surface area contributed by atoms with E-state index in [1.54, 1.807) is 36.7 Å². The number of carbonyl (C=O) groups is 1. The van der Waals surface area contributed by atoms with E-state index >= 15 is 0 Å². The molecule has 2 aromatic heterocycles. The van der Waals surface area contributed by atoms with Crippen molar-refractivity contribution in [2.75, 3.05) is 0 Å². The monoisotopic (exact) mass is 332 g/mol. The highest BCUT2D eigenvalue weighted by Gasteiger charge is 2.10. The Bertz CT molecular complexity index is 1100. The number of pyridine rings is 1. The normalized spacial score (nSPS) is 10.9. The first-order chi connectivity index (χ1) is 12.1. The van der Waals surface area contributed by atoms with Gasteiger partial charge in [0.15, 0.2) is 0 Å². The van der Waals surface area contributed by atoms with Gasteiger partial charge in [0.1, 0.15) is 6.33 Å². The van der Waals surface area contributed by atoms with Crippen molar-refractivity contribution >= 4 is 16.9 Å². The Kier molecular flexibility index (Phi) is 3.50. The van der Waals surface area contributed by atoms with Gasteiger partial charge in [-0.2, -0.15) is 4.39 Å². The lowest BCUT2D eigenvalue weighted by molar-refractivity contribution is 0.100. The SMILES string of the molecule is NC(=O)c1ccc2c(c1)ncn2-c1cccc(-c2cccnc2F)c1. The summed E-state index contributed by atoms with van der Waals surface area (Å²) in [6, 6.07) is 15.9. The van der Waals surface area contributed by atoms with Crippen LogP contribution < -0.4 is 5.73 Å². The number of hydrogen-bond acceptors (Lipinski definition) is 3. The van der Waals surface area contributed by atoms with Gasteiger partial charge in [0, 0.05) is 23.0 Å². The quantitative estimate of drug-likeness (QED) is 0.585. The average molecular weight is 332 g/mol. The predicted molar refractivity (Wildman–Crippen MR) is 92.8 cm³/mol. The van der Waals surface area contributed by atoms with E-state index in [4.69, 9.17) is 5.73 Å². The molecule has 0 fully saturated rings. The van der Waals surface area contributed by atoms with E-state index in [1.165, 1.54) is 6.20 Å². The third kappa shape index (κ3) is 2.63. The first kappa shape index (κ1) is 15.0. The van der Waals surface area contributed by atoms with Crippen LogP contribution in [0.15, 0.2) is 67.1 Å². The molecular weight excluding hydrogens is 319 g/mol. The summed E-state index contributed by atoms with van der Waals surface area (Å²) in [5.41, 5.74) is 9.19. The van der Waals surface area contributed by atoms with Crippen molar-refractivity contribution in [2.24, 2.45) is 5.73 Å². The van der Waals surface area contributed by atoms with E-state index in [0.29, 0.717) is 16.6 Å². The van der Waals surface area contributed by atoms with Gasteiger partial charge >= 0.3 is 0 Å². The summed E-state index contributed by atoms with van der Waals surface area (Å²) in [6.45, 7) is 0. The number of nitrogens with zero attached hydrogens (tertiary/aromatic N) is 3. The van der Waals surface area contributed by atoms with Crippen LogP contribution in [-0.4, -0.2) is 20.4 Å². The number of halogens is 1. The summed E-state index contributed by atoms with van der Waals surface area (Å²) in [4.78, 5) is 19.3. The van der Waals surface area contributed by atoms with Crippen LogP contribution >= 0.6 is 0 Å². The second-order valence-corrected chi connectivity index (χ2v) is 5.57. The van der Waals surface area contributed by atoms with Crippen molar-refractivity contribution in [1.82, 2.24) is 14.5 Å². The van der Waals surface area contributed by atoms with Crippen LogP contribution in [0.2, 0.25) is 0 Å². The number of aromatic nitrogens is 3. The molecule has 0 bridgehead atoms. The van der Waals surface area contributed by atoms with Crippen LogP contribution in [0.3, 0.4) is 0 Å². The van der Waals surface area contributed by atoms with E-state index in [1.807, 2.05) is 28.8 Å². The predicted octanol–water partition coefficient (Wildman–Crippen LogP) is 3.33. The number of fused-ring (bicyclic) bond motifs is 1. The molecule has 0 aliphatic carbocycles. The number of hydrogen-bond donors (Lipinski definition) is 1. The van der Waals surface area contributed by atoms with Crippen molar-refractivity contribution < 1.29 is 9.18 Å². The number of benzene rings is 2. The zero-order valence-electron chi connectivity index (χ0n) is 13.1. The highest BCUT2D eigenvalue weighted by molar-refractivity contribution is 5.96. The molecule has 0 atom stereocenters. The van der Waals surface area contributed by atoms with Gasteiger partial charge in [-0.05, 0) is 48.0 Å². The maximum absolute atomic E-state index is 13.9. The molecule has 6 heteroatoms. The summed E-state index contributed by atoms with van der Waals surface area (Å²) in [6.07, 6.45) is 3.08. The van der Waals surface area contributed by atoms with E-state index in [-0.39, 0.29) is 0 Å². The van der Waals surface area contributed by atoms with Crippen LogP contribution in [0.1, 0.15) is 10.4 Å². The topological polar surface area (TPSA) is 73.8 Å². The number of nitrogens with two attached hydrogens (primary N) is 1. The Hall–Kier alpha value is -3.54. The summed E-state index contributed by atoms with van der Waals surface area (Å²) < 4.78 is 15.8. The summed E-state index contributed by atoms with van der Waals surface area (Å²) in [7, 11) is 0. The first-order valence-corrected chi connectivity index (χ1v) is 7.62. The number of rotatable bonds is 3. The Balaban J connectivity index is 1.83. The number of amides is 1. The van der Waals surface area contributed by atoms with Gasteiger partial charge in [-0.1, -0.05) is 12.1 Å². The maximum Gasteiger partial charge on any atom is 0.248 e. The molecule has 4 aromatic rings. The van der Waals surface area contributed by atoms with Gasteiger partial charge in [-0.25, -0.2) is 9.97 Å². The maximum atomic E-state index is 13.9. The minimum Gasteiger partial charge on any atom is -0.366 e. The molecule has 4 rings (SSSR count). The Morgan fingerprint density at radius 1 is 1.04 bits per heavy atom. The molecule has 0 saturated carbocycles. The van der Waals surface area contributed by atoms with Crippen LogP contribution in [0.4, 0.5) is 4.39 Å². The summed E-state index contributed by atoms with van der Waals surface area (Å²) >= 11 is 0. The second-order valence-electron chi connectivity index (χ2n) is 5.57. The van der Waals surface area contributed by atoms with E-state index in [9.17, 15) is 9.18 Å². The largest absolute Gasteiger partial charge is 0.366 e. The average Bonchev–Trinajstić information content (AvgIpc) is 3.05. The van der Waals surface area contributed by atoms with Crippen LogP contribution in [0, 0.1) is 5.95 Å². The zero-order chi connectivity index (χ0) is 17.4. The van der Waals surface area contributed by atoms with Gasteiger partial charge in [-0.3, -0.25) is 9.36 Å². The van der Waals surface area contributed by atoms with Crippen molar-refractivity contribution in [3.8, 4) is 16.8 Å². The fraction of sp³-hybridized carbons (Fsp3) is 0. The van der Waals surface area contributed by atoms with E-state index in [2.05, 4.69) is 9.97 Å². The lowest BCUT2D eigenvalue weighted by Gasteiger charge is -2.08. The molecule has 5 nitrogen and oxygen atoms in total. The zero-order valence-corrected chi connectivity index (χ0v) is 13.1. The fourth-order valence-corrected chi connectivity index (χ4v) is 2.80. The van der Waals surface area contributed by atoms with Crippen LogP contribution in [0.5, 0.6) is 0 Å². The van der Waals surface area contributed by atoms with Crippen molar-refractivity contribution in [1.29, 1.82) is 0 Å².